The Kier molecular flexibility index (Phi) is 6.17. The molecular weight excluding hydrogens is 434 g/mol. The van der Waals surface area contributed by atoms with E-state index in [1.165, 1.54) is 37.2 Å². The molecule has 4 rings (SSSR count). The number of ether oxygens (including phenoxy) is 1. The molecule has 1 aliphatic heterocycles. The lowest BCUT2D eigenvalue weighted by Crippen LogP contribution is -2.37. The lowest BCUT2D eigenvalue weighted by Gasteiger charge is -2.30. The number of rotatable bonds is 6. The first-order valence-electron chi connectivity index (χ1n) is 9.90. The minimum atomic E-state index is -3.70. The van der Waals surface area contributed by atoms with Crippen LogP contribution in [0.4, 0.5) is 11.4 Å². The van der Waals surface area contributed by atoms with Gasteiger partial charge in [0, 0.05) is 38.6 Å². The fourth-order valence-electron chi connectivity index (χ4n) is 3.35. The summed E-state index contributed by atoms with van der Waals surface area (Å²) in [7, 11) is -0.797. The molecule has 1 saturated heterocycles. The van der Waals surface area contributed by atoms with Gasteiger partial charge in [-0.25, -0.2) is 17.4 Å². The van der Waals surface area contributed by atoms with E-state index in [4.69, 9.17) is 4.74 Å². The number of hydrogen-bond acceptors (Lipinski definition) is 8. The van der Waals surface area contributed by atoms with Crippen LogP contribution >= 0.6 is 0 Å². The predicted molar refractivity (Wildman–Crippen MR) is 117 cm³/mol. The lowest BCUT2D eigenvalue weighted by atomic mass is 10.1. The first kappa shape index (κ1) is 21.9. The summed E-state index contributed by atoms with van der Waals surface area (Å²) in [5.74, 6) is -0.420. The molecule has 3 aromatic rings. The Morgan fingerprint density at radius 3 is 2.59 bits per heavy atom. The van der Waals surface area contributed by atoms with Crippen LogP contribution in [-0.2, 0) is 14.8 Å². The number of tetrazole rings is 1. The van der Waals surface area contributed by atoms with Gasteiger partial charge in [-0.05, 0) is 46.8 Å². The number of amides is 1. The second-order valence-electron chi connectivity index (χ2n) is 7.32. The van der Waals surface area contributed by atoms with E-state index in [2.05, 4.69) is 20.8 Å². The second-order valence-corrected chi connectivity index (χ2v) is 9.48. The number of carbonyl (C=O) groups excluding carboxylic acids is 1. The van der Waals surface area contributed by atoms with Crippen LogP contribution in [-0.4, -0.2) is 79.2 Å². The van der Waals surface area contributed by atoms with Crippen molar-refractivity contribution in [3.63, 3.8) is 0 Å². The van der Waals surface area contributed by atoms with E-state index in [0.29, 0.717) is 43.4 Å². The Hall–Kier alpha value is -3.35. The Morgan fingerprint density at radius 1 is 1.12 bits per heavy atom. The van der Waals surface area contributed by atoms with Gasteiger partial charge in [0.1, 0.15) is 6.33 Å². The summed E-state index contributed by atoms with van der Waals surface area (Å²) in [6.45, 7) is 2.28. The molecule has 0 radical (unpaired) electrons. The van der Waals surface area contributed by atoms with Crippen LogP contribution in [0.25, 0.3) is 5.69 Å². The third kappa shape index (κ3) is 4.47. The summed E-state index contributed by atoms with van der Waals surface area (Å²) in [6.07, 6.45) is 1.45. The molecule has 0 saturated carbocycles. The highest BCUT2D eigenvalue weighted by Crippen LogP contribution is 2.27. The van der Waals surface area contributed by atoms with Crippen molar-refractivity contribution in [1.29, 1.82) is 0 Å². The maximum atomic E-state index is 13.3. The largest absolute Gasteiger partial charge is 0.378 e. The molecule has 32 heavy (non-hydrogen) atoms. The average Bonchev–Trinajstić information content (AvgIpc) is 3.34. The number of nitrogens with zero attached hydrogens (tertiary/aromatic N) is 6. The molecule has 2 heterocycles. The molecule has 1 amide bonds. The summed E-state index contributed by atoms with van der Waals surface area (Å²) in [5, 5.41) is 13.9. The topological polar surface area (TPSA) is 123 Å². The van der Waals surface area contributed by atoms with E-state index in [-0.39, 0.29) is 10.5 Å². The predicted octanol–water partition coefficient (Wildman–Crippen LogP) is 1.00. The van der Waals surface area contributed by atoms with E-state index >= 15 is 0 Å². The number of aromatic nitrogens is 4. The van der Waals surface area contributed by atoms with Gasteiger partial charge in [0.05, 0.1) is 29.4 Å². The van der Waals surface area contributed by atoms with E-state index in [1.54, 1.807) is 30.3 Å². The number of benzene rings is 2. The monoisotopic (exact) mass is 457 g/mol. The zero-order valence-electron chi connectivity index (χ0n) is 17.7. The minimum absolute atomic E-state index is 0.0482. The van der Waals surface area contributed by atoms with E-state index in [1.807, 2.05) is 4.90 Å². The summed E-state index contributed by atoms with van der Waals surface area (Å²) >= 11 is 0. The molecule has 0 bridgehead atoms. The first-order valence-corrected chi connectivity index (χ1v) is 11.3. The van der Waals surface area contributed by atoms with Crippen LogP contribution in [0.5, 0.6) is 0 Å². The number of carbonyl (C=O) groups is 1. The fraction of sp³-hybridized carbons (Fsp3) is 0.300. The highest BCUT2D eigenvalue weighted by atomic mass is 32.2. The van der Waals surface area contributed by atoms with E-state index < -0.39 is 15.9 Å². The quantitative estimate of drug-likeness (QED) is 0.582. The molecule has 11 nitrogen and oxygen atoms in total. The Morgan fingerprint density at radius 2 is 1.91 bits per heavy atom. The van der Waals surface area contributed by atoms with Crippen LogP contribution in [0.3, 0.4) is 0 Å². The van der Waals surface area contributed by atoms with Crippen molar-refractivity contribution in [1.82, 2.24) is 24.5 Å². The molecule has 0 unspecified atom stereocenters. The highest BCUT2D eigenvalue weighted by Gasteiger charge is 2.24. The second kappa shape index (κ2) is 9.02. The molecule has 1 N–H and O–H groups in total. The summed E-state index contributed by atoms with van der Waals surface area (Å²) in [6, 6.07) is 11.6. The molecule has 1 fully saturated rings. The molecule has 12 heteroatoms. The van der Waals surface area contributed by atoms with Crippen LogP contribution in [0.2, 0.25) is 0 Å². The minimum Gasteiger partial charge on any atom is -0.378 e. The van der Waals surface area contributed by atoms with Crippen molar-refractivity contribution in [3.05, 3.63) is 54.4 Å². The average molecular weight is 458 g/mol. The summed E-state index contributed by atoms with van der Waals surface area (Å²) in [4.78, 5) is 15.4. The molecule has 1 aliphatic rings. The maximum Gasteiger partial charge on any atom is 0.257 e. The molecule has 0 spiro atoms. The van der Waals surface area contributed by atoms with Crippen LogP contribution < -0.4 is 10.2 Å². The van der Waals surface area contributed by atoms with Gasteiger partial charge in [-0.3, -0.25) is 4.79 Å². The summed E-state index contributed by atoms with van der Waals surface area (Å²) < 4.78 is 33.3. The standard InChI is InChI=1S/C20H23N7O4S/c1-25(2)32(29,30)17-6-7-19(26-8-10-31-11-9-26)18(13-17)20(28)22-15-4-3-5-16(12-15)27-14-21-23-24-27/h3-7,12-14H,8-11H2,1-2H3,(H,22,28). The van der Waals surface area contributed by atoms with Gasteiger partial charge < -0.3 is 15.0 Å². The molecule has 2 aromatic carbocycles. The zero-order chi connectivity index (χ0) is 22.7. The third-order valence-corrected chi connectivity index (χ3v) is 6.87. The highest BCUT2D eigenvalue weighted by molar-refractivity contribution is 7.89. The van der Waals surface area contributed by atoms with E-state index in [0.717, 1.165) is 4.31 Å². The van der Waals surface area contributed by atoms with Crippen LogP contribution in [0, 0.1) is 0 Å². The number of anilines is 2. The van der Waals surface area contributed by atoms with Crippen molar-refractivity contribution >= 4 is 27.3 Å². The van der Waals surface area contributed by atoms with Gasteiger partial charge in [-0.15, -0.1) is 5.10 Å². The van der Waals surface area contributed by atoms with Gasteiger partial charge in [-0.1, -0.05) is 6.07 Å². The zero-order valence-corrected chi connectivity index (χ0v) is 18.5. The van der Waals surface area contributed by atoms with Crippen molar-refractivity contribution < 1.29 is 17.9 Å². The number of sulfonamides is 1. The Labute approximate surface area is 185 Å². The van der Waals surface area contributed by atoms with Crippen LogP contribution in [0.15, 0.2) is 53.7 Å². The number of morpholine rings is 1. The molecule has 0 atom stereocenters. The summed E-state index contributed by atoms with van der Waals surface area (Å²) in [5.41, 5.74) is 2.12. The SMILES string of the molecule is CN(C)S(=O)(=O)c1ccc(N2CCOCC2)c(C(=O)Nc2cccc(-n3cnnn3)c2)c1. The van der Waals surface area contributed by atoms with Crippen molar-refractivity contribution in [3.8, 4) is 5.69 Å². The normalized spacial score (nSPS) is 14.5. The van der Waals surface area contributed by atoms with Gasteiger partial charge in [-0.2, -0.15) is 0 Å². The number of hydrogen-bond donors (Lipinski definition) is 1. The molecule has 168 valence electrons. The Balaban J connectivity index is 1.70. The Bertz CT molecular complexity index is 1210. The van der Waals surface area contributed by atoms with Crippen molar-refractivity contribution in [2.45, 2.75) is 4.90 Å². The lowest BCUT2D eigenvalue weighted by molar-refractivity contribution is 0.102. The molecular formula is C20H23N7O4S. The molecule has 0 aliphatic carbocycles. The van der Waals surface area contributed by atoms with Gasteiger partial charge in [0.2, 0.25) is 10.0 Å². The number of nitrogens with one attached hydrogen (secondary N) is 1. The first-order chi connectivity index (χ1) is 15.4. The maximum absolute atomic E-state index is 13.3. The fourth-order valence-corrected chi connectivity index (χ4v) is 4.28. The van der Waals surface area contributed by atoms with Gasteiger partial charge in [0.25, 0.3) is 5.91 Å². The van der Waals surface area contributed by atoms with Gasteiger partial charge >= 0.3 is 0 Å². The smallest absolute Gasteiger partial charge is 0.257 e. The third-order valence-electron chi connectivity index (χ3n) is 5.06. The van der Waals surface area contributed by atoms with E-state index in [9.17, 15) is 13.2 Å². The van der Waals surface area contributed by atoms with Crippen molar-refractivity contribution in [2.24, 2.45) is 0 Å². The molecule has 1 aromatic heterocycles. The van der Waals surface area contributed by atoms with Crippen LogP contribution in [0.1, 0.15) is 10.4 Å². The van der Waals surface area contributed by atoms with Crippen molar-refractivity contribution in [2.75, 3.05) is 50.6 Å². The van der Waals surface area contributed by atoms with Gasteiger partial charge in [0.15, 0.2) is 0 Å².